The lowest BCUT2D eigenvalue weighted by atomic mass is 10.2. The smallest absolute Gasteiger partial charge is 0.420 e. The third kappa shape index (κ3) is 14.5. The van der Waals surface area contributed by atoms with Crippen LogP contribution in [0.4, 0.5) is 21.5 Å². The van der Waals surface area contributed by atoms with Crippen LogP contribution < -0.4 is 9.80 Å². The third-order valence-electron chi connectivity index (χ3n) is 8.36. The maximum absolute atomic E-state index is 12.8. The largest absolute Gasteiger partial charge is 0.462 e. The van der Waals surface area contributed by atoms with E-state index >= 15 is 0 Å². The van der Waals surface area contributed by atoms with Crippen molar-refractivity contribution < 1.29 is 42.9 Å². The van der Waals surface area contributed by atoms with Crippen LogP contribution in [-0.2, 0) is 35.0 Å². The van der Waals surface area contributed by atoms with Crippen molar-refractivity contribution in [1.82, 2.24) is 34.6 Å². The maximum atomic E-state index is 12.8. The number of hydrogen-bond donors (Lipinski definition) is 0. The first-order valence-corrected chi connectivity index (χ1v) is 18.8. The Kier molecular flexibility index (Phi) is 15.9. The molecule has 0 radical (unpaired) electrons. The van der Waals surface area contributed by atoms with Crippen LogP contribution in [-0.4, -0.2) is 162 Å². The number of piperazine rings is 2. The van der Waals surface area contributed by atoms with Crippen LogP contribution in [0.5, 0.6) is 0 Å². The highest BCUT2D eigenvalue weighted by atomic mass is 16.6. The van der Waals surface area contributed by atoms with Crippen LogP contribution in [0, 0.1) is 0 Å². The molecule has 55 heavy (non-hydrogen) atoms. The Bertz CT molecular complexity index is 1510. The number of amides is 3. The topological polar surface area (TPSA) is 182 Å². The minimum Gasteiger partial charge on any atom is -0.462 e. The van der Waals surface area contributed by atoms with Crippen molar-refractivity contribution in [2.75, 3.05) is 102 Å². The summed E-state index contributed by atoms with van der Waals surface area (Å²) in [5.41, 5.74) is -0.725. The van der Waals surface area contributed by atoms with Crippen LogP contribution in [0.2, 0.25) is 0 Å². The number of rotatable bonds is 15. The van der Waals surface area contributed by atoms with Gasteiger partial charge < -0.3 is 38.4 Å². The molecule has 2 aromatic rings. The van der Waals surface area contributed by atoms with Crippen LogP contribution in [0.1, 0.15) is 70.8 Å². The number of aromatic nitrogens is 4. The zero-order chi connectivity index (χ0) is 40.0. The van der Waals surface area contributed by atoms with Gasteiger partial charge >= 0.3 is 18.2 Å². The average molecular weight is 772 g/mol. The van der Waals surface area contributed by atoms with Crippen LogP contribution in [0.3, 0.4) is 0 Å². The van der Waals surface area contributed by atoms with E-state index in [4.69, 9.17) is 23.7 Å². The molecule has 0 atom stereocenters. The zero-order valence-corrected chi connectivity index (χ0v) is 33.3. The number of carbonyl (C=O) groups is 4. The lowest BCUT2D eigenvalue weighted by Gasteiger charge is -2.34. The summed E-state index contributed by atoms with van der Waals surface area (Å²) in [7, 11) is 0. The fourth-order valence-corrected chi connectivity index (χ4v) is 5.58. The Morgan fingerprint density at radius 2 is 1.16 bits per heavy atom. The first kappa shape index (κ1) is 43.1. The molecule has 0 aromatic carbocycles. The molecule has 18 heteroatoms. The Labute approximate surface area is 323 Å². The Morgan fingerprint density at radius 3 is 1.67 bits per heavy atom. The van der Waals surface area contributed by atoms with Gasteiger partial charge in [-0.2, -0.15) is 0 Å². The first-order valence-electron chi connectivity index (χ1n) is 18.8. The van der Waals surface area contributed by atoms with Gasteiger partial charge in [-0.05, 0) is 48.5 Å². The van der Waals surface area contributed by atoms with Crippen LogP contribution in [0.25, 0.3) is 0 Å². The van der Waals surface area contributed by atoms with Crippen molar-refractivity contribution in [3.8, 4) is 0 Å². The third-order valence-corrected chi connectivity index (χ3v) is 8.36. The summed E-state index contributed by atoms with van der Waals surface area (Å²) >= 11 is 0. The van der Waals surface area contributed by atoms with Gasteiger partial charge in [0.25, 0.3) is 0 Å². The number of carbonyl (C=O) groups excluding carboxylic acids is 4. The van der Waals surface area contributed by atoms with Crippen LogP contribution >= 0.6 is 0 Å². The summed E-state index contributed by atoms with van der Waals surface area (Å²) in [5.74, 6) is 0.705. The molecule has 3 amide bonds. The monoisotopic (exact) mass is 771 g/mol. The van der Waals surface area contributed by atoms with E-state index < -0.39 is 29.4 Å². The van der Waals surface area contributed by atoms with Gasteiger partial charge in [0, 0.05) is 89.3 Å². The Morgan fingerprint density at radius 1 is 0.673 bits per heavy atom. The SMILES string of the molecule is CCOC(=O)c1cnc(N2CCN(CCOCCOCCC(=O)N3CCN(c4ncc(CN(C(=O)OC(C)(C)C)C(=O)OC(C)(C)C)cn4)CC3)CC2)nc1. The highest BCUT2D eigenvalue weighted by molar-refractivity contribution is 5.89. The number of hydrogen-bond acceptors (Lipinski definition) is 16. The quantitative estimate of drug-likeness (QED) is 0.146. The van der Waals surface area contributed by atoms with E-state index in [0.717, 1.165) is 37.6 Å². The maximum Gasteiger partial charge on any atom is 0.420 e. The minimum atomic E-state index is -0.821. The normalized spacial score (nSPS) is 15.4. The molecule has 2 aliphatic rings. The van der Waals surface area contributed by atoms with E-state index in [9.17, 15) is 19.2 Å². The molecular weight excluding hydrogens is 714 g/mol. The molecule has 4 rings (SSSR count). The molecule has 2 aliphatic heterocycles. The number of ether oxygens (including phenoxy) is 5. The van der Waals surface area contributed by atoms with Crippen molar-refractivity contribution in [2.24, 2.45) is 0 Å². The first-order chi connectivity index (χ1) is 26.1. The standard InChI is InChI=1S/C37H57N9O9/c1-8-53-31(48)29-25-40-33(41-26-29)44-12-10-42(11-13-44)18-20-52-22-21-51-19-9-30(47)43-14-16-45(17-15-43)32-38-23-28(24-39-32)27-46(34(49)54-36(2,3)4)35(50)55-37(5,6)7/h23-26H,8-22,27H2,1-7H3. The van der Waals surface area contributed by atoms with Gasteiger partial charge in [0.15, 0.2) is 0 Å². The number of anilines is 2. The molecule has 2 aromatic heterocycles. The lowest BCUT2D eigenvalue weighted by molar-refractivity contribution is -0.132. The summed E-state index contributed by atoms with van der Waals surface area (Å²) in [5, 5.41) is 0. The summed E-state index contributed by atoms with van der Waals surface area (Å²) in [6, 6.07) is 0. The lowest BCUT2D eigenvalue weighted by Crippen LogP contribution is -2.49. The van der Waals surface area contributed by atoms with Crippen molar-refractivity contribution in [1.29, 1.82) is 0 Å². The highest BCUT2D eigenvalue weighted by Crippen LogP contribution is 2.18. The molecule has 0 N–H and O–H groups in total. The molecule has 0 spiro atoms. The van der Waals surface area contributed by atoms with Gasteiger partial charge in [-0.1, -0.05) is 0 Å². The predicted molar refractivity (Wildman–Crippen MR) is 202 cm³/mol. The minimum absolute atomic E-state index is 0.0284. The summed E-state index contributed by atoms with van der Waals surface area (Å²) in [6.07, 6.45) is 4.79. The molecule has 304 valence electrons. The fourth-order valence-electron chi connectivity index (χ4n) is 5.58. The van der Waals surface area contributed by atoms with E-state index in [1.807, 2.05) is 9.80 Å². The molecular formula is C37H57N9O9. The molecule has 0 unspecified atom stereocenters. The van der Waals surface area contributed by atoms with E-state index in [1.54, 1.807) is 60.9 Å². The average Bonchev–Trinajstić information content (AvgIpc) is 3.14. The van der Waals surface area contributed by atoms with Crippen molar-refractivity contribution in [2.45, 2.75) is 72.6 Å². The Balaban J connectivity index is 1.07. The predicted octanol–water partition coefficient (Wildman–Crippen LogP) is 3.01. The summed E-state index contributed by atoms with van der Waals surface area (Å²) < 4.78 is 27.3. The second-order valence-corrected chi connectivity index (χ2v) is 15.1. The molecule has 2 saturated heterocycles. The van der Waals surface area contributed by atoms with Gasteiger partial charge in [0.1, 0.15) is 11.2 Å². The van der Waals surface area contributed by atoms with Crippen molar-refractivity contribution >= 4 is 36.0 Å². The van der Waals surface area contributed by atoms with Crippen molar-refractivity contribution in [3.63, 3.8) is 0 Å². The number of nitrogens with zero attached hydrogens (tertiary/aromatic N) is 9. The molecule has 0 bridgehead atoms. The molecule has 0 saturated carbocycles. The molecule has 0 aliphatic carbocycles. The van der Waals surface area contributed by atoms with E-state index in [2.05, 4.69) is 29.7 Å². The van der Waals surface area contributed by atoms with Gasteiger partial charge in [0.2, 0.25) is 17.8 Å². The zero-order valence-electron chi connectivity index (χ0n) is 33.3. The van der Waals surface area contributed by atoms with E-state index in [1.165, 1.54) is 12.4 Å². The second-order valence-electron chi connectivity index (χ2n) is 15.1. The van der Waals surface area contributed by atoms with Gasteiger partial charge in [-0.25, -0.2) is 39.2 Å². The van der Waals surface area contributed by atoms with Gasteiger partial charge in [0.05, 0.1) is 51.6 Å². The fraction of sp³-hybridized carbons (Fsp3) is 0.676. The van der Waals surface area contributed by atoms with Gasteiger partial charge in [-0.3, -0.25) is 9.69 Å². The molecule has 18 nitrogen and oxygen atoms in total. The van der Waals surface area contributed by atoms with E-state index in [-0.39, 0.29) is 18.9 Å². The van der Waals surface area contributed by atoms with Crippen molar-refractivity contribution in [3.05, 3.63) is 35.9 Å². The summed E-state index contributed by atoms with van der Waals surface area (Å²) in [4.78, 5) is 77.0. The number of imide groups is 1. The van der Waals surface area contributed by atoms with E-state index in [0.29, 0.717) is 82.2 Å². The molecule has 2 fully saturated rings. The Hall–Kier alpha value is -4.68. The summed E-state index contributed by atoms with van der Waals surface area (Å²) in [6.45, 7) is 20.3. The van der Waals surface area contributed by atoms with Crippen LogP contribution in [0.15, 0.2) is 24.8 Å². The van der Waals surface area contributed by atoms with Gasteiger partial charge in [-0.15, -0.1) is 0 Å². The second kappa shape index (κ2) is 20.3. The highest BCUT2D eigenvalue weighted by Gasteiger charge is 2.32. The molecule has 4 heterocycles. The number of esters is 1.